The van der Waals surface area contributed by atoms with Crippen molar-refractivity contribution in [2.24, 2.45) is 17.8 Å². The first-order valence-corrected chi connectivity index (χ1v) is 13.3. The van der Waals surface area contributed by atoms with Gasteiger partial charge < -0.3 is 14.7 Å². The lowest BCUT2D eigenvalue weighted by Crippen LogP contribution is -2.41. The van der Waals surface area contributed by atoms with Gasteiger partial charge in [0.15, 0.2) is 0 Å². The molecule has 1 N–H and O–H groups in total. The van der Waals surface area contributed by atoms with Crippen LogP contribution in [0.5, 0.6) is 0 Å². The highest BCUT2D eigenvalue weighted by Gasteiger charge is 2.43. The number of ether oxygens (including phenoxy) is 1. The number of hydrogen-bond acceptors (Lipinski definition) is 4. The van der Waals surface area contributed by atoms with Crippen molar-refractivity contribution < 1.29 is 14.6 Å². The number of morpholine rings is 1. The number of aliphatic hydroxyl groups excluding tert-OH is 1. The maximum absolute atomic E-state index is 12.3. The van der Waals surface area contributed by atoms with Crippen LogP contribution in [0.15, 0.2) is 48.1 Å². The van der Waals surface area contributed by atoms with E-state index in [-0.39, 0.29) is 17.9 Å². The second-order valence-electron chi connectivity index (χ2n) is 9.49. The second-order valence-corrected chi connectivity index (χ2v) is 10.6. The van der Waals surface area contributed by atoms with E-state index in [9.17, 15) is 9.90 Å². The van der Waals surface area contributed by atoms with E-state index in [4.69, 9.17) is 4.74 Å². The molecule has 4 rings (SSSR count). The number of rotatable bonds is 9. The number of thioether (sulfide) groups is 1. The fraction of sp³-hybridized carbons (Fsp3) is 0.593. The van der Waals surface area contributed by atoms with Gasteiger partial charge in [0.1, 0.15) is 0 Å². The zero-order valence-corrected chi connectivity index (χ0v) is 20.1. The predicted octanol–water partition coefficient (Wildman–Crippen LogP) is 4.41. The molecule has 0 bridgehead atoms. The molecule has 1 saturated carbocycles. The monoisotopic (exact) mass is 455 g/mol. The fourth-order valence-electron chi connectivity index (χ4n) is 5.43. The maximum Gasteiger partial charge on any atom is 0.232 e. The van der Waals surface area contributed by atoms with Crippen molar-refractivity contribution >= 4 is 17.7 Å². The van der Waals surface area contributed by atoms with Crippen molar-refractivity contribution in [1.82, 2.24) is 4.90 Å². The van der Waals surface area contributed by atoms with Crippen LogP contribution in [0.4, 0.5) is 0 Å². The molecule has 4 nitrogen and oxygen atoms in total. The van der Waals surface area contributed by atoms with Gasteiger partial charge in [-0.05, 0) is 62.2 Å². The standard InChI is InChI=1S/C27H37NO3S/c1-20-5-4-7-21(15-20)6-2-3-8-24-25-17-22(16-23(25)18-26(24)29)9-14-32-19-27(30)28-10-12-31-13-11-28/h3-5,7-8,15-16,23-26,29H,2,6,9-14,17-19H2,1H3/t23-,24+,25-,26+/m0/s1. The number of hydrogen-bond donors (Lipinski definition) is 1. The minimum Gasteiger partial charge on any atom is -0.392 e. The van der Waals surface area contributed by atoms with Crippen LogP contribution in [0.3, 0.4) is 0 Å². The Labute approximate surface area is 197 Å². The molecule has 2 fully saturated rings. The van der Waals surface area contributed by atoms with E-state index >= 15 is 0 Å². The van der Waals surface area contributed by atoms with Crippen molar-refractivity contribution in [2.45, 2.75) is 45.1 Å². The summed E-state index contributed by atoms with van der Waals surface area (Å²) in [6.45, 7) is 4.94. The summed E-state index contributed by atoms with van der Waals surface area (Å²) < 4.78 is 5.32. The third kappa shape index (κ3) is 6.27. The zero-order valence-electron chi connectivity index (χ0n) is 19.2. The Kier molecular flexibility index (Phi) is 8.50. The Bertz CT molecular complexity index is 830. The summed E-state index contributed by atoms with van der Waals surface area (Å²) in [5.41, 5.74) is 4.22. The Morgan fingerprint density at radius 1 is 1.28 bits per heavy atom. The molecule has 2 aliphatic carbocycles. The molecule has 0 spiro atoms. The molecule has 1 amide bonds. The van der Waals surface area contributed by atoms with Crippen molar-refractivity contribution in [1.29, 1.82) is 0 Å². The molecule has 1 saturated heterocycles. The van der Waals surface area contributed by atoms with Crippen LogP contribution in [-0.2, 0) is 16.0 Å². The molecule has 0 aromatic heterocycles. The quantitative estimate of drug-likeness (QED) is 0.443. The topological polar surface area (TPSA) is 49.8 Å². The summed E-state index contributed by atoms with van der Waals surface area (Å²) >= 11 is 1.75. The number of carbonyl (C=O) groups is 1. The number of allylic oxidation sites excluding steroid dienone is 3. The highest BCUT2D eigenvalue weighted by atomic mass is 32.2. The van der Waals surface area contributed by atoms with Crippen LogP contribution >= 0.6 is 11.8 Å². The van der Waals surface area contributed by atoms with Crippen LogP contribution in [-0.4, -0.2) is 59.8 Å². The normalized spacial score (nSPS) is 27.7. The number of carbonyl (C=O) groups excluding carboxylic acids is 1. The number of aliphatic hydroxyl groups is 1. The molecule has 3 aliphatic rings. The van der Waals surface area contributed by atoms with Crippen molar-refractivity contribution in [2.75, 3.05) is 37.8 Å². The number of nitrogens with zero attached hydrogens (tertiary/aromatic N) is 1. The van der Waals surface area contributed by atoms with Gasteiger partial charge in [-0.25, -0.2) is 0 Å². The van der Waals surface area contributed by atoms with Gasteiger partial charge in [-0.2, -0.15) is 11.8 Å². The van der Waals surface area contributed by atoms with Gasteiger partial charge in [-0.1, -0.05) is 53.6 Å². The fourth-order valence-corrected chi connectivity index (χ4v) is 6.34. The Morgan fingerprint density at radius 3 is 2.94 bits per heavy atom. The summed E-state index contributed by atoms with van der Waals surface area (Å²) in [5, 5.41) is 10.6. The highest BCUT2D eigenvalue weighted by Crippen LogP contribution is 2.48. The number of aryl methyl sites for hydroxylation is 2. The number of benzene rings is 1. The SMILES string of the molecule is Cc1cccc(CCC=C[C@@H]2[C@H]3CC(CCSCC(=O)N4CCOCC4)=C[C@H]3C[C@H]2O)c1. The van der Waals surface area contributed by atoms with Gasteiger partial charge in [-0.3, -0.25) is 4.79 Å². The van der Waals surface area contributed by atoms with E-state index < -0.39 is 0 Å². The van der Waals surface area contributed by atoms with E-state index in [0.717, 1.165) is 50.9 Å². The van der Waals surface area contributed by atoms with Crippen molar-refractivity contribution in [3.8, 4) is 0 Å². The molecule has 1 aromatic carbocycles. The Hall–Kier alpha value is -1.56. The van der Waals surface area contributed by atoms with E-state index in [1.54, 1.807) is 11.8 Å². The van der Waals surface area contributed by atoms with E-state index in [0.29, 0.717) is 30.8 Å². The van der Waals surface area contributed by atoms with Crippen LogP contribution in [0.1, 0.15) is 36.8 Å². The minimum absolute atomic E-state index is 0.210. The van der Waals surface area contributed by atoms with Gasteiger partial charge in [0.05, 0.1) is 25.1 Å². The molecular weight excluding hydrogens is 418 g/mol. The molecule has 0 unspecified atom stereocenters. The number of fused-ring (bicyclic) bond motifs is 1. The summed E-state index contributed by atoms with van der Waals surface area (Å²) in [7, 11) is 0. The first-order valence-electron chi connectivity index (χ1n) is 12.1. The molecule has 4 atom stereocenters. The Morgan fingerprint density at radius 2 is 2.12 bits per heavy atom. The predicted molar refractivity (Wildman–Crippen MR) is 132 cm³/mol. The summed E-state index contributed by atoms with van der Waals surface area (Å²) in [6.07, 6.45) is 11.9. The molecule has 5 heteroatoms. The second kappa shape index (κ2) is 11.5. The maximum atomic E-state index is 12.3. The molecule has 1 aromatic rings. The van der Waals surface area contributed by atoms with Crippen LogP contribution in [0.2, 0.25) is 0 Å². The largest absolute Gasteiger partial charge is 0.392 e. The van der Waals surface area contributed by atoms with Gasteiger partial charge in [0, 0.05) is 19.0 Å². The first kappa shape index (κ1) is 23.6. The molecular formula is C27H37NO3S. The zero-order chi connectivity index (χ0) is 22.3. The van der Waals surface area contributed by atoms with E-state index in [1.807, 2.05) is 4.90 Å². The van der Waals surface area contributed by atoms with Crippen LogP contribution < -0.4 is 0 Å². The van der Waals surface area contributed by atoms with Crippen molar-refractivity contribution in [3.63, 3.8) is 0 Å². The summed E-state index contributed by atoms with van der Waals surface area (Å²) in [4.78, 5) is 14.2. The molecule has 174 valence electrons. The van der Waals surface area contributed by atoms with Crippen LogP contribution in [0, 0.1) is 24.7 Å². The van der Waals surface area contributed by atoms with Crippen molar-refractivity contribution in [3.05, 3.63) is 59.2 Å². The highest BCUT2D eigenvalue weighted by molar-refractivity contribution is 7.99. The van der Waals surface area contributed by atoms with Gasteiger partial charge in [0.25, 0.3) is 0 Å². The molecule has 32 heavy (non-hydrogen) atoms. The van der Waals surface area contributed by atoms with Gasteiger partial charge >= 0.3 is 0 Å². The lowest BCUT2D eigenvalue weighted by molar-refractivity contribution is -0.132. The van der Waals surface area contributed by atoms with Gasteiger partial charge in [0.2, 0.25) is 5.91 Å². The van der Waals surface area contributed by atoms with Gasteiger partial charge in [-0.15, -0.1) is 0 Å². The van der Waals surface area contributed by atoms with E-state index in [2.05, 4.69) is 49.4 Å². The Balaban J connectivity index is 1.17. The average molecular weight is 456 g/mol. The smallest absolute Gasteiger partial charge is 0.232 e. The molecule has 0 radical (unpaired) electrons. The molecule has 1 aliphatic heterocycles. The summed E-state index contributed by atoms with van der Waals surface area (Å²) in [5.74, 6) is 3.17. The third-order valence-corrected chi connectivity index (χ3v) is 8.09. The third-order valence-electron chi connectivity index (χ3n) is 7.15. The van der Waals surface area contributed by atoms with E-state index in [1.165, 1.54) is 16.7 Å². The molecule has 1 heterocycles. The minimum atomic E-state index is -0.210. The first-order chi connectivity index (χ1) is 15.6. The average Bonchev–Trinajstić information content (AvgIpc) is 3.31. The lowest BCUT2D eigenvalue weighted by Gasteiger charge is -2.26. The summed E-state index contributed by atoms with van der Waals surface area (Å²) in [6, 6.07) is 8.72. The van der Waals surface area contributed by atoms with Crippen LogP contribution in [0.25, 0.3) is 0 Å². The number of amides is 1. The lowest BCUT2D eigenvalue weighted by atomic mass is 9.89.